The van der Waals surface area contributed by atoms with Gasteiger partial charge >= 0.3 is 0 Å². The molecule has 0 fully saturated rings. The Bertz CT molecular complexity index is 394. The number of rotatable bonds is 1. The molecule has 0 N–H and O–H groups in total. The third-order valence-electron chi connectivity index (χ3n) is 2.34. The van der Waals surface area contributed by atoms with Gasteiger partial charge in [-0.2, -0.15) is 4.99 Å². The first kappa shape index (κ1) is 8.97. The summed E-state index contributed by atoms with van der Waals surface area (Å²) in [6.45, 7) is 2.51. The number of carbonyl (C=O) groups excluding carboxylic acids is 1. The van der Waals surface area contributed by atoms with E-state index in [0.717, 1.165) is 17.7 Å². The molecule has 3 nitrogen and oxygen atoms in total. The lowest BCUT2D eigenvalue weighted by Crippen LogP contribution is -2.24. The maximum absolute atomic E-state index is 10.1. The summed E-state index contributed by atoms with van der Waals surface area (Å²) >= 11 is 0. The zero-order valence-corrected chi connectivity index (χ0v) is 7.99. The molecule has 2 rings (SSSR count). The number of ether oxygens (including phenoxy) is 1. The van der Waals surface area contributed by atoms with Gasteiger partial charge in [0, 0.05) is 6.42 Å². The van der Waals surface area contributed by atoms with E-state index >= 15 is 0 Å². The molecule has 1 aliphatic heterocycles. The molecule has 72 valence electrons. The molecule has 1 atom stereocenters. The van der Waals surface area contributed by atoms with Gasteiger partial charge in [-0.05, 0) is 18.6 Å². The van der Waals surface area contributed by atoms with Crippen LogP contribution in [0, 0.1) is 6.92 Å². The third-order valence-corrected chi connectivity index (χ3v) is 2.34. The topological polar surface area (TPSA) is 38.7 Å². The number of isocyanates is 1. The van der Waals surface area contributed by atoms with Gasteiger partial charge in [0.05, 0.1) is 0 Å². The summed E-state index contributed by atoms with van der Waals surface area (Å²) in [5, 5.41) is 0. The monoisotopic (exact) mass is 189 g/mol. The Hall–Kier alpha value is -1.60. The zero-order valence-electron chi connectivity index (χ0n) is 7.99. The summed E-state index contributed by atoms with van der Waals surface area (Å²) in [6, 6.07) is 5.98. The fraction of sp³-hybridized carbons (Fsp3) is 0.364. The smallest absolute Gasteiger partial charge is 0.235 e. The maximum atomic E-state index is 10.1. The predicted octanol–water partition coefficient (Wildman–Crippen LogP) is 1.63. The molecule has 0 spiro atoms. The van der Waals surface area contributed by atoms with Crippen LogP contribution >= 0.6 is 0 Å². The number of benzene rings is 1. The van der Waals surface area contributed by atoms with Gasteiger partial charge in [-0.3, -0.25) is 0 Å². The third kappa shape index (κ3) is 1.68. The van der Waals surface area contributed by atoms with E-state index in [4.69, 9.17) is 4.74 Å². The van der Waals surface area contributed by atoms with Gasteiger partial charge in [-0.1, -0.05) is 17.7 Å². The van der Waals surface area contributed by atoms with E-state index in [-0.39, 0.29) is 6.04 Å². The van der Waals surface area contributed by atoms with E-state index in [0.29, 0.717) is 6.61 Å². The number of aryl methyl sites for hydroxylation is 1. The number of fused-ring (bicyclic) bond motifs is 1. The summed E-state index contributed by atoms with van der Waals surface area (Å²) in [5.74, 6) is 0.910. The molecule has 0 aliphatic carbocycles. The van der Waals surface area contributed by atoms with Crippen LogP contribution in [0.3, 0.4) is 0 Å². The highest BCUT2D eigenvalue weighted by molar-refractivity contribution is 5.40. The molecule has 0 amide bonds. The molecule has 1 heterocycles. The molecule has 1 unspecified atom stereocenters. The lowest BCUT2D eigenvalue weighted by Gasteiger charge is -2.21. The normalized spacial score (nSPS) is 19.1. The van der Waals surface area contributed by atoms with Crippen molar-refractivity contribution in [1.29, 1.82) is 0 Å². The second-order valence-corrected chi connectivity index (χ2v) is 3.50. The van der Waals surface area contributed by atoms with Crippen LogP contribution in [-0.4, -0.2) is 18.7 Å². The van der Waals surface area contributed by atoms with Crippen molar-refractivity contribution in [3.8, 4) is 5.75 Å². The Morgan fingerprint density at radius 1 is 1.57 bits per heavy atom. The number of nitrogens with zero attached hydrogens (tertiary/aromatic N) is 1. The Kier molecular flexibility index (Phi) is 2.33. The Morgan fingerprint density at radius 3 is 3.21 bits per heavy atom. The number of hydrogen-bond acceptors (Lipinski definition) is 3. The molecule has 1 aliphatic rings. The van der Waals surface area contributed by atoms with E-state index in [2.05, 4.69) is 11.1 Å². The minimum Gasteiger partial charge on any atom is -0.491 e. The quantitative estimate of drug-likeness (QED) is 0.497. The van der Waals surface area contributed by atoms with Crippen molar-refractivity contribution in [3.05, 3.63) is 29.3 Å². The highest BCUT2D eigenvalue weighted by Crippen LogP contribution is 2.26. The predicted molar refractivity (Wildman–Crippen MR) is 52.3 cm³/mol. The van der Waals surface area contributed by atoms with E-state index in [9.17, 15) is 4.79 Å². The summed E-state index contributed by atoms with van der Waals surface area (Å²) < 4.78 is 5.47. The van der Waals surface area contributed by atoms with Crippen molar-refractivity contribution in [1.82, 2.24) is 0 Å². The number of hydrogen-bond donors (Lipinski definition) is 0. The first-order valence-corrected chi connectivity index (χ1v) is 4.59. The fourth-order valence-electron chi connectivity index (χ4n) is 1.66. The summed E-state index contributed by atoms with van der Waals surface area (Å²) in [7, 11) is 0. The van der Waals surface area contributed by atoms with E-state index in [1.807, 2.05) is 19.1 Å². The average molecular weight is 189 g/mol. The lowest BCUT2D eigenvalue weighted by atomic mass is 10.0. The highest BCUT2D eigenvalue weighted by Gasteiger charge is 2.18. The maximum Gasteiger partial charge on any atom is 0.235 e. The van der Waals surface area contributed by atoms with Crippen LogP contribution in [0.2, 0.25) is 0 Å². The summed E-state index contributed by atoms with van der Waals surface area (Å²) in [4.78, 5) is 13.8. The first-order valence-electron chi connectivity index (χ1n) is 4.59. The molecular weight excluding hydrogens is 178 g/mol. The molecule has 0 aromatic heterocycles. The van der Waals surface area contributed by atoms with E-state index in [1.54, 1.807) is 6.08 Å². The molecule has 0 saturated carbocycles. The molecule has 0 radical (unpaired) electrons. The van der Waals surface area contributed by atoms with Gasteiger partial charge in [-0.15, -0.1) is 0 Å². The van der Waals surface area contributed by atoms with Crippen LogP contribution in [0.25, 0.3) is 0 Å². The molecular formula is C11H11NO2. The van der Waals surface area contributed by atoms with E-state index < -0.39 is 0 Å². The SMILES string of the molecule is Cc1ccc2c(c1)CC(N=C=O)CO2. The van der Waals surface area contributed by atoms with Crippen molar-refractivity contribution < 1.29 is 9.53 Å². The van der Waals surface area contributed by atoms with Gasteiger partial charge in [0.2, 0.25) is 6.08 Å². The zero-order chi connectivity index (χ0) is 9.97. The molecule has 0 bridgehead atoms. The molecule has 1 aromatic carbocycles. The largest absolute Gasteiger partial charge is 0.491 e. The Balaban J connectivity index is 2.28. The van der Waals surface area contributed by atoms with Crippen molar-refractivity contribution in [3.63, 3.8) is 0 Å². The molecule has 0 saturated heterocycles. The second-order valence-electron chi connectivity index (χ2n) is 3.50. The number of aliphatic imine (C=N–C) groups is 1. The standard InChI is InChI=1S/C11H11NO2/c1-8-2-3-11-9(4-8)5-10(6-14-11)12-7-13/h2-4,10H,5-6H2,1H3. The summed E-state index contributed by atoms with van der Waals surface area (Å²) in [6.07, 6.45) is 2.35. The highest BCUT2D eigenvalue weighted by atomic mass is 16.5. The fourth-order valence-corrected chi connectivity index (χ4v) is 1.66. The lowest BCUT2D eigenvalue weighted by molar-refractivity contribution is 0.264. The van der Waals surface area contributed by atoms with Gasteiger partial charge in [0.1, 0.15) is 18.4 Å². The Morgan fingerprint density at radius 2 is 2.43 bits per heavy atom. The van der Waals surface area contributed by atoms with Crippen LogP contribution in [0.15, 0.2) is 23.2 Å². The molecule has 3 heteroatoms. The van der Waals surface area contributed by atoms with E-state index in [1.165, 1.54) is 5.56 Å². The molecule has 1 aromatic rings. The van der Waals surface area contributed by atoms with Crippen molar-refractivity contribution in [2.45, 2.75) is 19.4 Å². The van der Waals surface area contributed by atoms with Crippen LogP contribution in [-0.2, 0) is 11.2 Å². The van der Waals surface area contributed by atoms with Crippen LogP contribution in [0.5, 0.6) is 5.75 Å². The van der Waals surface area contributed by atoms with Crippen molar-refractivity contribution >= 4 is 6.08 Å². The average Bonchev–Trinajstić information content (AvgIpc) is 2.17. The minimum absolute atomic E-state index is 0.0678. The summed E-state index contributed by atoms with van der Waals surface area (Å²) in [5.41, 5.74) is 2.32. The van der Waals surface area contributed by atoms with Crippen LogP contribution in [0.1, 0.15) is 11.1 Å². The van der Waals surface area contributed by atoms with Gasteiger partial charge < -0.3 is 4.74 Å². The molecule has 14 heavy (non-hydrogen) atoms. The second kappa shape index (κ2) is 3.64. The Labute approximate surface area is 82.4 Å². The van der Waals surface area contributed by atoms with Crippen molar-refractivity contribution in [2.75, 3.05) is 6.61 Å². The van der Waals surface area contributed by atoms with Crippen molar-refractivity contribution in [2.24, 2.45) is 4.99 Å². The minimum atomic E-state index is -0.0678. The van der Waals surface area contributed by atoms with Gasteiger partial charge in [0.15, 0.2) is 0 Å². The van der Waals surface area contributed by atoms with Gasteiger partial charge in [0.25, 0.3) is 0 Å². The van der Waals surface area contributed by atoms with Crippen LogP contribution in [0.4, 0.5) is 0 Å². The van der Waals surface area contributed by atoms with Crippen LogP contribution < -0.4 is 4.74 Å². The first-order chi connectivity index (χ1) is 6.79. The van der Waals surface area contributed by atoms with Gasteiger partial charge in [-0.25, -0.2) is 4.79 Å².